The lowest BCUT2D eigenvalue weighted by Crippen LogP contribution is -2.82. The fourth-order valence-electron chi connectivity index (χ4n) is 5.22. The maximum atomic E-state index is 12.8. The number of rotatable bonds is 6. The van der Waals surface area contributed by atoms with E-state index >= 15 is 0 Å². The van der Waals surface area contributed by atoms with Gasteiger partial charge in [0, 0.05) is 83.8 Å². The van der Waals surface area contributed by atoms with Crippen LogP contribution in [0.15, 0.2) is 0 Å². The largest absolute Gasteiger partial charge is 0.339 e. The minimum Gasteiger partial charge on any atom is -0.339 e. The van der Waals surface area contributed by atoms with E-state index in [2.05, 4.69) is 0 Å². The molecule has 0 aliphatic heterocycles. The Morgan fingerprint density at radius 1 is 0.306 bits per heavy atom. The maximum Gasteiger partial charge on any atom is 0.219 e. The van der Waals surface area contributed by atoms with Crippen LogP contribution in [0.5, 0.6) is 0 Å². The van der Waals surface area contributed by atoms with Crippen LogP contribution < -0.4 is 0 Å². The zero-order chi connectivity index (χ0) is 28.4. The van der Waals surface area contributed by atoms with Crippen molar-refractivity contribution in [1.29, 1.82) is 0 Å². The fourth-order valence-corrected chi connectivity index (χ4v) is 5.22. The van der Waals surface area contributed by atoms with Crippen molar-refractivity contribution in [2.75, 3.05) is 42.3 Å². The molecule has 0 aromatic carbocycles. The fraction of sp³-hybridized carbons (Fsp3) is 0.750. The first-order chi connectivity index (χ1) is 16.4. The molecule has 0 aromatic rings. The van der Waals surface area contributed by atoms with Gasteiger partial charge < -0.3 is 29.4 Å². The van der Waals surface area contributed by atoms with Gasteiger partial charge in [-0.15, -0.1) is 0 Å². The van der Waals surface area contributed by atoms with Crippen molar-refractivity contribution in [2.24, 2.45) is 0 Å². The van der Waals surface area contributed by atoms with Gasteiger partial charge in [-0.3, -0.25) is 28.8 Å². The van der Waals surface area contributed by atoms with E-state index in [1.54, 1.807) is 42.3 Å². The molecule has 1 aliphatic carbocycles. The summed E-state index contributed by atoms with van der Waals surface area (Å²) in [5, 5.41) is 0. The molecular formula is C24H42N6O6. The maximum absolute atomic E-state index is 12.8. The molecule has 0 N–H and O–H groups in total. The topological polar surface area (TPSA) is 122 Å². The summed E-state index contributed by atoms with van der Waals surface area (Å²) in [6.45, 7) is 8.23. The van der Waals surface area contributed by atoms with Gasteiger partial charge in [-0.25, -0.2) is 0 Å². The molecular weight excluding hydrogens is 468 g/mol. The molecule has 0 radical (unpaired) electrons. The minimum atomic E-state index is -0.819. The van der Waals surface area contributed by atoms with Crippen molar-refractivity contribution in [3.8, 4) is 0 Å². The Kier molecular flexibility index (Phi) is 10.0. The van der Waals surface area contributed by atoms with Crippen molar-refractivity contribution in [3.05, 3.63) is 0 Å². The van der Waals surface area contributed by atoms with Crippen LogP contribution in [0.1, 0.15) is 41.5 Å². The smallest absolute Gasteiger partial charge is 0.219 e. The molecule has 12 nitrogen and oxygen atoms in total. The van der Waals surface area contributed by atoms with Crippen LogP contribution in [0.4, 0.5) is 0 Å². The van der Waals surface area contributed by atoms with Crippen LogP contribution >= 0.6 is 0 Å². The Balaban J connectivity index is 4.29. The summed E-state index contributed by atoms with van der Waals surface area (Å²) in [6.07, 6.45) is 0. The lowest BCUT2D eigenvalue weighted by molar-refractivity contribution is -0.167. The van der Waals surface area contributed by atoms with Gasteiger partial charge in [-0.05, 0) is 0 Å². The van der Waals surface area contributed by atoms with Crippen LogP contribution in [0, 0.1) is 0 Å². The molecule has 0 atom stereocenters. The third-order valence-electron chi connectivity index (χ3n) is 7.76. The molecule has 1 aliphatic rings. The molecule has 0 heterocycles. The van der Waals surface area contributed by atoms with Gasteiger partial charge >= 0.3 is 0 Å². The number of hydrogen-bond acceptors (Lipinski definition) is 6. The van der Waals surface area contributed by atoms with Crippen LogP contribution in [0.2, 0.25) is 0 Å². The van der Waals surface area contributed by atoms with Crippen LogP contribution in [0.3, 0.4) is 0 Å². The van der Waals surface area contributed by atoms with Crippen LogP contribution in [-0.4, -0.2) is 143 Å². The molecule has 1 rings (SSSR count). The highest BCUT2D eigenvalue weighted by molar-refractivity contribution is 5.80. The van der Waals surface area contributed by atoms with Gasteiger partial charge in [0.2, 0.25) is 35.4 Å². The summed E-state index contributed by atoms with van der Waals surface area (Å²) in [5.74, 6) is -1.94. The third kappa shape index (κ3) is 5.79. The average Bonchev–Trinajstić information content (AvgIpc) is 2.78. The average molecular weight is 511 g/mol. The highest BCUT2D eigenvalue weighted by Crippen LogP contribution is 2.37. The molecule has 0 unspecified atom stereocenters. The molecule has 0 saturated heterocycles. The predicted molar refractivity (Wildman–Crippen MR) is 133 cm³/mol. The number of nitrogens with zero attached hydrogens (tertiary/aromatic N) is 6. The zero-order valence-corrected chi connectivity index (χ0v) is 23.6. The van der Waals surface area contributed by atoms with Gasteiger partial charge in [-0.2, -0.15) is 0 Å². The molecule has 0 bridgehead atoms. The summed E-state index contributed by atoms with van der Waals surface area (Å²) in [7, 11) is 9.41. The van der Waals surface area contributed by atoms with Crippen LogP contribution in [0.25, 0.3) is 0 Å². The minimum absolute atomic E-state index is 0.323. The van der Waals surface area contributed by atoms with Crippen LogP contribution in [-0.2, 0) is 28.8 Å². The molecule has 1 fully saturated rings. The van der Waals surface area contributed by atoms with Crippen molar-refractivity contribution < 1.29 is 28.8 Å². The Hall–Kier alpha value is -3.18. The zero-order valence-electron chi connectivity index (χ0n) is 23.6. The monoisotopic (exact) mass is 510 g/mol. The second-order valence-corrected chi connectivity index (χ2v) is 9.72. The van der Waals surface area contributed by atoms with E-state index < -0.39 is 36.3 Å². The second-order valence-electron chi connectivity index (χ2n) is 9.72. The molecule has 1 saturated carbocycles. The van der Waals surface area contributed by atoms with E-state index in [0.29, 0.717) is 0 Å². The number of amides is 6. The molecule has 0 spiro atoms. The van der Waals surface area contributed by atoms with E-state index in [0.717, 1.165) is 0 Å². The summed E-state index contributed by atoms with van der Waals surface area (Å²) < 4.78 is 0. The van der Waals surface area contributed by atoms with E-state index in [1.165, 1.54) is 70.9 Å². The molecule has 0 aromatic heterocycles. The summed E-state index contributed by atoms with van der Waals surface area (Å²) >= 11 is 0. The highest BCUT2D eigenvalue weighted by atomic mass is 16.2. The van der Waals surface area contributed by atoms with Gasteiger partial charge in [0.1, 0.15) is 0 Å². The highest BCUT2D eigenvalue weighted by Gasteiger charge is 2.60. The summed E-state index contributed by atoms with van der Waals surface area (Å²) in [6, 6.07) is -4.91. The standard InChI is InChI=1S/C24H42N6O6/c1-13(31)25(7)19-20(26(8)14(2)32)22(28(10)16(4)34)24(30(12)18(6)36)23(29(11)17(5)35)21(19)27(9)15(3)33/h19-24H,1-12H3. The first kappa shape index (κ1) is 30.9. The normalized spacial score (nSPS) is 25.3. The molecule has 204 valence electrons. The lowest BCUT2D eigenvalue weighted by atomic mass is 9.71. The third-order valence-corrected chi connectivity index (χ3v) is 7.76. The SMILES string of the molecule is CC(=O)N(C)C1C(N(C)C(C)=O)C(N(C)C(C)=O)C(N(C)C(C)=O)C(N(C)C(C)=O)C1N(C)C(C)=O. The van der Waals surface area contributed by atoms with Crippen molar-refractivity contribution in [2.45, 2.75) is 77.8 Å². The molecule has 36 heavy (non-hydrogen) atoms. The van der Waals surface area contributed by atoms with Crippen molar-refractivity contribution in [3.63, 3.8) is 0 Å². The Labute approximate surface area is 214 Å². The van der Waals surface area contributed by atoms with E-state index in [4.69, 9.17) is 0 Å². The molecule has 6 amide bonds. The first-order valence-electron chi connectivity index (χ1n) is 11.8. The van der Waals surface area contributed by atoms with Gasteiger partial charge in [-0.1, -0.05) is 0 Å². The number of hydrogen-bond donors (Lipinski definition) is 0. The Morgan fingerprint density at radius 2 is 0.389 bits per heavy atom. The first-order valence-corrected chi connectivity index (χ1v) is 11.8. The van der Waals surface area contributed by atoms with E-state index in [1.807, 2.05) is 0 Å². The number of carbonyl (C=O) groups excluding carboxylic acids is 6. The lowest BCUT2D eigenvalue weighted by Gasteiger charge is -2.61. The predicted octanol–water partition coefficient (Wildman–Crippen LogP) is -0.919. The number of carbonyl (C=O) groups is 6. The van der Waals surface area contributed by atoms with Gasteiger partial charge in [0.05, 0.1) is 36.3 Å². The Bertz CT molecular complexity index is 711. The second kappa shape index (κ2) is 11.7. The summed E-state index contributed by atoms with van der Waals surface area (Å²) in [4.78, 5) is 85.2. The van der Waals surface area contributed by atoms with Crippen molar-refractivity contribution >= 4 is 35.4 Å². The summed E-state index contributed by atoms with van der Waals surface area (Å²) in [5.41, 5.74) is 0. The van der Waals surface area contributed by atoms with Gasteiger partial charge in [0.25, 0.3) is 0 Å². The van der Waals surface area contributed by atoms with E-state index in [-0.39, 0.29) is 35.4 Å². The number of likely N-dealkylation sites (N-methyl/N-ethyl adjacent to an activating group) is 6. The van der Waals surface area contributed by atoms with E-state index in [9.17, 15) is 28.8 Å². The Morgan fingerprint density at radius 3 is 0.444 bits per heavy atom. The van der Waals surface area contributed by atoms with Crippen molar-refractivity contribution in [1.82, 2.24) is 29.4 Å². The molecule has 12 heteroatoms. The quantitative estimate of drug-likeness (QED) is 0.456. The van der Waals surface area contributed by atoms with Gasteiger partial charge in [0.15, 0.2) is 0 Å².